The van der Waals surface area contributed by atoms with Crippen LogP contribution in [0, 0.1) is 12.8 Å². The number of nitrogens with zero attached hydrogens (tertiary/aromatic N) is 1. The lowest BCUT2D eigenvalue weighted by molar-refractivity contribution is -0.117. The number of rotatable bonds is 3. The Kier molecular flexibility index (Phi) is 3.85. The van der Waals surface area contributed by atoms with Gasteiger partial charge in [0.2, 0.25) is 11.8 Å². The van der Waals surface area contributed by atoms with E-state index in [1.54, 1.807) is 4.90 Å². The van der Waals surface area contributed by atoms with Gasteiger partial charge in [0.25, 0.3) is 0 Å². The van der Waals surface area contributed by atoms with E-state index in [1.807, 2.05) is 25.1 Å². The molecule has 19 heavy (non-hydrogen) atoms. The fraction of sp³-hybridized carbons (Fsp3) is 0.429. The Bertz CT molecular complexity index is 513. The van der Waals surface area contributed by atoms with E-state index in [0.717, 1.165) is 11.3 Å². The molecule has 2 rings (SSSR count). The van der Waals surface area contributed by atoms with E-state index in [1.165, 1.54) is 6.92 Å². The van der Waals surface area contributed by atoms with E-state index >= 15 is 0 Å². The number of hydrogen-bond acceptors (Lipinski definition) is 3. The van der Waals surface area contributed by atoms with Crippen molar-refractivity contribution < 1.29 is 9.59 Å². The lowest BCUT2D eigenvalue weighted by atomic mass is 10.1. The van der Waals surface area contributed by atoms with Crippen LogP contribution in [0.5, 0.6) is 0 Å². The summed E-state index contributed by atoms with van der Waals surface area (Å²) in [6.45, 7) is 4.54. The van der Waals surface area contributed by atoms with Gasteiger partial charge in [-0.3, -0.25) is 9.59 Å². The van der Waals surface area contributed by atoms with Gasteiger partial charge >= 0.3 is 0 Å². The molecular weight excluding hydrogens is 242 g/mol. The molecule has 1 atom stereocenters. The van der Waals surface area contributed by atoms with Gasteiger partial charge in [-0.25, -0.2) is 0 Å². The highest BCUT2D eigenvalue weighted by Crippen LogP contribution is 2.32. The van der Waals surface area contributed by atoms with E-state index in [2.05, 4.69) is 5.32 Å². The first-order chi connectivity index (χ1) is 9.01. The monoisotopic (exact) mass is 261 g/mol. The molecule has 1 aliphatic rings. The van der Waals surface area contributed by atoms with Gasteiger partial charge in [-0.2, -0.15) is 0 Å². The topological polar surface area (TPSA) is 75.4 Å². The third kappa shape index (κ3) is 2.93. The number of benzene rings is 1. The third-order valence-electron chi connectivity index (χ3n) is 3.29. The molecule has 1 saturated heterocycles. The molecule has 1 aromatic carbocycles. The number of carbonyl (C=O) groups is 2. The van der Waals surface area contributed by atoms with Crippen molar-refractivity contribution in [2.75, 3.05) is 23.3 Å². The minimum atomic E-state index is -0.146. The Morgan fingerprint density at radius 1 is 1.53 bits per heavy atom. The van der Waals surface area contributed by atoms with Gasteiger partial charge in [0.15, 0.2) is 0 Å². The molecule has 1 heterocycles. The molecule has 1 aliphatic heterocycles. The molecule has 1 aromatic rings. The molecule has 102 valence electrons. The Labute approximate surface area is 112 Å². The van der Waals surface area contributed by atoms with Gasteiger partial charge in [0.1, 0.15) is 0 Å². The number of nitrogens with one attached hydrogen (secondary N) is 1. The molecule has 5 nitrogen and oxygen atoms in total. The summed E-state index contributed by atoms with van der Waals surface area (Å²) in [7, 11) is 0. The Balaban J connectivity index is 2.35. The standard InChI is InChI=1S/C14H19N3O2/c1-9-3-4-12(16-10(2)18)13(5-9)17-8-11(7-15)6-14(17)19/h3-5,11H,6-8,15H2,1-2H3,(H,16,18). The second kappa shape index (κ2) is 5.40. The summed E-state index contributed by atoms with van der Waals surface area (Å²) in [4.78, 5) is 25.0. The summed E-state index contributed by atoms with van der Waals surface area (Å²) in [6, 6.07) is 5.66. The SMILES string of the molecule is CC(=O)Nc1ccc(C)cc1N1CC(CN)CC1=O. The summed E-state index contributed by atoms with van der Waals surface area (Å²) >= 11 is 0. The van der Waals surface area contributed by atoms with Crippen LogP contribution in [-0.4, -0.2) is 24.9 Å². The molecule has 3 N–H and O–H groups in total. The minimum absolute atomic E-state index is 0.0626. The maximum Gasteiger partial charge on any atom is 0.227 e. The molecule has 5 heteroatoms. The van der Waals surface area contributed by atoms with Gasteiger partial charge in [0, 0.05) is 19.9 Å². The first-order valence-corrected chi connectivity index (χ1v) is 6.40. The quantitative estimate of drug-likeness (QED) is 0.860. The third-order valence-corrected chi connectivity index (χ3v) is 3.29. The maximum atomic E-state index is 12.1. The lowest BCUT2D eigenvalue weighted by Gasteiger charge is -2.21. The highest BCUT2D eigenvalue weighted by molar-refractivity contribution is 6.02. The van der Waals surface area contributed by atoms with E-state index < -0.39 is 0 Å². The lowest BCUT2D eigenvalue weighted by Crippen LogP contribution is -2.27. The smallest absolute Gasteiger partial charge is 0.227 e. The zero-order valence-corrected chi connectivity index (χ0v) is 11.3. The average Bonchev–Trinajstić information content (AvgIpc) is 2.72. The summed E-state index contributed by atoms with van der Waals surface area (Å²) < 4.78 is 0. The van der Waals surface area contributed by atoms with E-state index in [4.69, 9.17) is 5.73 Å². The summed E-state index contributed by atoms with van der Waals surface area (Å²) in [5.74, 6) is 0.109. The minimum Gasteiger partial charge on any atom is -0.330 e. The highest BCUT2D eigenvalue weighted by atomic mass is 16.2. The van der Waals surface area contributed by atoms with Crippen LogP contribution < -0.4 is 16.0 Å². The van der Waals surface area contributed by atoms with Crippen LogP contribution in [0.15, 0.2) is 18.2 Å². The fourth-order valence-corrected chi connectivity index (χ4v) is 2.33. The predicted molar refractivity (Wildman–Crippen MR) is 75.0 cm³/mol. The molecule has 0 aliphatic carbocycles. The Hall–Kier alpha value is -1.88. The molecule has 1 unspecified atom stereocenters. The molecule has 1 fully saturated rings. The summed E-state index contributed by atoms with van der Waals surface area (Å²) in [5.41, 5.74) is 8.12. The van der Waals surface area contributed by atoms with Crippen molar-refractivity contribution in [1.82, 2.24) is 0 Å². The van der Waals surface area contributed by atoms with Crippen molar-refractivity contribution in [2.45, 2.75) is 20.3 Å². The van der Waals surface area contributed by atoms with Crippen LogP contribution in [-0.2, 0) is 9.59 Å². The number of aryl methyl sites for hydroxylation is 1. The second-order valence-corrected chi connectivity index (χ2v) is 5.01. The molecule has 0 aromatic heterocycles. The normalized spacial score (nSPS) is 18.8. The van der Waals surface area contributed by atoms with E-state index in [9.17, 15) is 9.59 Å². The van der Waals surface area contributed by atoms with Crippen LogP contribution in [0.4, 0.5) is 11.4 Å². The van der Waals surface area contributed by atoms with Crippen molar-refractivity contribution >= 4 is 23.2 Å². The number of carbonyl (C=O) groups excluding carboxylic acids is 2. The van der Waals surface area contributed by atoms with Gasteiger partial charge in [-0.1, -0.05) is 6.07 Å². The van der Waals surface area contributed by atoms with Crippen molar-refractivity contribution in [3.63, 3.8) is 0 Å². The Morgan fingerprint density at radius 3 is 2.84 bits per heavy atom. The molecular formula is C14H19N3O2. The molecule has 2 amide bonds. The molecule has 0 radical (unpaired) electrons. The second-order valence-electron chi connectivity index (χ2n) is 5.01. The van der Waals surface area contributed by atoms with Crippen LogP contribution in [0.25, 0.3) is 0 Å². The highest BCUT2D eigenvalue weighted by Gasteiger charge is 2.31. The van der Waals surface area contributed by atoms with Crippen LogP contribution in [0.3, 0.4) is 0 Å². The number of amides is 2. The van der Waals surface area contributed by atoms with Crippen LogP contribution in [0.1, 0.15) is 18.9 Å². The first kappa shape index (κ1) is 13.5. The first-order valence-electron chi connectivity index (χ1n) is 6.40. The number of hydrogen-bond donors (Lipinski definition) is 2. The van der Waals surface area contributed by atoms with Crippen molar-refractivity contribution in [2.24, 2.45) is 11.7 Å². The number of nitrogens with two attached hydrogens (primary N) is 1. The van der Waals surface area contributed by atoms with Crippen molar-refractivity contribution in [1.29, 1.82) is 0 Å². The summed E-state index contributed by atoms with van der Waals surface area (Å²) in [6.07, 6.45) is 0.476. The van der Waals surface area contributed by atoms with Gasteiger partial charge in [0.05, 0.1) is 11.4 Å². The number of anilines is 2. The molecule has 0 saturated carbocycles. The van der Waals surface area contributed by atoms with Crippen molar-refractivity contribution in [3.8, 4) is 0 Å². The largest absolute Gasteiger partial charge is 0.330 e. The zero-order valence-electron chi connectivity index (χ0n) is 11.3. The van der Waals surface area contributed by atoms with Crippen LogP contribution in [0.2, 0.25) is 0 Å². The van der Waals surface area contributed by atoms with Gasteiger partial charge < -0.3 is 16.0 Å². The van der Waals surface area contributed by atoms with E-state index in [-0.39, 0.29) is 17.7 Å². The van der Waals surface area contributed by atoms with Crippen LogP contribution >= 0.6 is 0 Å². The fourth-order valence-electron chi connectivity index (χ4n) is 2.33. The maximum absolute atomic E-state index is 12.1. The van der Waals surface area contributed by atoms with Gasteiger partial charge in [-0.05, 0) is 37.1 Å². The van der Waals surface area contributed by atoms with Gasteiger partial charge in [-0.15, -0.1) is 0 Å². The molecule has 0 spiro atoms. The summed E-state index contributed by atoms with van der Waals surface area (Å²) in [5, 5.41) is 2.77. The van der Waals surface area contributed by atoms with E-state index in [0.29, 0.717) is 25.2 Å². The zero-order chi connectivity index (χ0) is 14.0. The van der Waals surface area contributed by atoms with Crippen molar-refractivity contribution in [3.05, 3.63) is 23.8 Å². The average molecular weight is 261 g/mol. The Morgan fingerprint density at radius 2 is 2.26 bits per heavy atom. The molecule has 0 bridgehead atoms. The predicted octanol–water partition coefficient (Wildman–Crippen LogP) is 1.27.